The molecule has 1 unspecified atom stereocenters. The fourth-order valence-electron chi connectivity index (χ4n) is 7.39. The van der Waals surface area contributed by atoms with E-state index in [-0.39, 0.29) is 31.1 Å². The molecule has 0 aliphatic rings. The number of hydrogen-bond acceptors (Lipinski definition) is 6. The van der Waals surface area contributed by atoms with Gasteiger partial charge in [-0.15, -0.1) is 0 Å². The number of allylic oxidation sites excluding steroid dienone is 14. The van der Waals surface area contributed by atoms with Gasteiger partial charge >= 0.3 is 17.9 Å². The molecule has 1 atom stereocenters. The highest BCUT2D eigenvalue weighted by Crippen LogP contribution is 2.15. The Morgan fingerprint density at radius 1 is 0.323 bits per heavy atom. The predicted octanol–water partition coefficient (Wildman–Crippen LogP) is 18.0. The number of ether oxygens (including phenoxy) is 3. The van der Waals surface area contributed by atoms with Crippen molar-refractivity contribution in [3.8, 4) is 0 Å². The number of carbonyl (C=O) groups excluding carboxylic acids is 3. The summed E-state index contributed by atoms with van der Waals surface area (Å²) in [4.78, 5) is 38.0. The molecule has 0 spiro atoms. The topological polar surface area (TPSA) is 78.9 Å². The third-order valence-corrected chi connectivity index (χ3v) is 11.4. The van der Waals surface area contributed by atoms with Crippen molar-refractivity contribution in [2.45, 2.75) is 258 Å². The highest BCUT2D eigenvalue weighted by Gasteiger charge is 2.19. The van der Waals surface area contributed by atoms with E-state index >= 15 is 0 Å². The summed E-state index contributed by atoms with van der Waals surface area (Å²) in [5, 5.41) is 0. The Morgan fingerprint density at radius 3 is 0.969 bits per heavy atom. The highest BCUT2D eigenvalue weighted by atomic mass is 16.6. The van der Waals surface area contributed by atoms with Gasteiger partial charge < -0.3 is 14.2 Å². The Bertz CT molecular complexity index is 1270. The second-order valence-electron chi connectivity index (χ2n) is 17.7. The van der Waals surface area contributed by atoms with E-state index in [0.29, 0.717) is 19.3 Å². The monoisotopic (exact) mass is 905 g/mol. The lowest BCUT2D eigenvalue weighted by atomic mass is 10.0. The van der Waals surface area contributed by atoms with Crippen molar-refractivity contribution in [1.82, 2.24) is 0 Å². The summed E-state index contributed by atoms with van der Waals surface area (Å²) in [5.74, 6) is -0.944. The van der Waals surface area contributed by atoms with Crippen molar-refractivity contribution in [2.24, 2.45) is 0 Å². The van der Waals surface area contributed by atoms with Crippen LogP contribution in [0.5, 0.6) is 0 Å². The minimum absolute atomic E-state index is 0.0950. The predicted molar refractivity (Wildman–Crippen MR) is 279 cm³/mol. The van der Waals surface area contributed by atoms with Crippen molar-refractivity contribution < 1.29 is 28.6 Å². The molecule has 0 N–H and O–H groups in total. The second kappa shape index (κ2) is 53.2. The summed E-state index contributed by atoms with van der Waals surface area (Å²) in [6.45, 7) is 6.37. The Kier molecular flexibility index (Phi) is 50.4. The second-order valence-corrected chi connectivity index (χ2v) is 17.7. The summed E-state index contributed by atoms with van der Waals surface area (Å²) in [5.41, 5.74) is 0. The Labute approximate surface area is 401 Å². The third-order valence-electron chi connectivity index (χ3n) is 11.4. The van der Waals surface area contributed by atoms with Gasteiger partial charge in [0.1, 0.15) is 13.2 Å². The average Bonchev–Trinajstić information content (AvgIpc) is 3.30. The molecule has 0 rings (SSSR count). The van der Waals surface area contributed by atoms with E-state index in [4.69, 9.17) is 14.2 Å². The SMILES string of the molecule is CC/C=C\C/C=C\C/C=C\C/C=C\CCCCCCCCC(=O)OCC(COC(=O)CCCC/C=C\C/C=C\C/C=C\CC)OC(=O)CCCCCCCCCCCCCCCCCC. The zero-order valence-electron chi connectivity index (χ0n) is 42.5. The maximum absolute atomic E-state index is 12.8. The van der Waals surface area contributed by atoms with Gasteiger partial charge in [-0.3, -0.25) is 14.4 Å². The molecule has 0 aromatic rings. The van der Waals surface area contributed by atoms with Crippen LogP contribution in [0.1, 0.15) is 252 Å². The summed E-state index contributed by atoms with van der Waals surface area (Å²) >= 11 is 0. The number of carbonyl (C=O) groups is 3. The molecule has 0 fully saturated rings. The largest absolute Gasteiger partial charge is 0.462 e. The molecule has 0 aliphatic heterocycles. The van der Waals surface area contributed by atoms with Gasteiger partial charge in [0.05, 0.1) is 0 Å². The Morgan fingerprint density at radius 2 is 0.600 bits per heavy atom. The molecule has 6 nitrogen and oxygen atoms in total. The lowest BCUT2D eigenvalue weighted by molar-refractivity contribution is -0.167. The first-order chi connectivity index (χ1) is 32.0. The van der Waals surface area contributed by atoms with Crippen LogP contribution in [-0.4, -0.2) is 37.2 Å². The van der Waals surface area contributed by atoms with Gasteiger partial charge in [0.15, 0.2) is 6.10 Å². The first kappa shape index (κ1) is 61.6. The zero-order valence-corrected chi connectivity index (χ0v) is 42.5. The quantitative estimate of drug-likeness (QED) is 0.0262. The van der Waals surface area contributed by atoms with E-state index in [0.717, 1.165) is 116 Å². The van der Waals surface area contributed by atoms with Crippen molar-refractivity contribution in [2.75, 3.05) is 13.2 Å². The summed E-state index contributed by atoms with van der Waals surface area (Å²) in [6.07, 6.45) is 68.6. The van der Waals surface area contributed by atoms with Crippen LogP contribution in [0.4, 0.5) is 0 Å². The van der Waals surface area contributed by atoms with E-state index in [1.165, 1.54) is 96.3 Å². The van der Waals surface area contributed by atoms with Gasteiger partial charge in [-0.25, -0.2) is 0 Å². The van der Waals surface area contributed by atoms with Crippen LogP contribution in [0.25, 0.3) is 0 Å². The molecule has 0 bridgehead atoms. The lowest BCUT2D eigenvalue weighted by Gasteiger charge is -2.18. The number of rotatable bonds is 48. The van der Waals surface area contributed by atoms with Gasteiger partial charge in [0.25, 0.3) is 0 Å². The molecule has 0 aromatic carbocycles. The molecule has 372 valence electrons. The summed E-state index contributed by atoms with van der Waals surface area (Å²) in [7, 11) is 0. The first-order valence-corrected chi connectivity index (χ1v) is 27.1. The molecule has 0 saturated heterocycles. The number of esters is 3. The van der Waals surface area contributed by atoms with Crippen molar-refractivity contribution in [3.05, 3.63) is 85.1 Å². The van der Waals surface area contributed by atoms with E-state index in [1.54, 1.807) is 0 Å². The molecule has 0 amide bonds. The molecule has 0 saturated carbocycles. The summed E-state index contributed by atoms with van der Waals surface area (Å²) < 4.78 is 16.8. The Balaban J connectivity index is 4.41. The van der Waals surface area contributed by atoms with Gasteiger partial charge in [0.2, 0.25) is 0 Å². The molecule has 6 heteroatoms. The maximum atomic E-state index is 12.8. The van der Waals surface area contributed by atoms with Crippen LogP contribution >= 0.6 is 0 Å². The van der Waals surface area contributed by atoms with Crippen LogP contribution < -0.4 is 0 Å². The van der Waals surface area contributed by atoms with Gasteiger partial charge in [0, 0.05) is 19.3 Å². The van der Waals surface area contributed by atoms with Gasteiger partial charge in [-0.1, -0.05) is 228 Å². The molecular formula is C59H100O6. The van der Waals surface area contributed by atoms with Gasteiger partial charge in [-0.2, -0.15) is 0 Å². The fourth-order valence-corrected chi connectivity index (χ4v) is 7.39. The molecule has 0 aromatic heterocycles. The van der Waals surface area contributed by atoms with Crippen LogP contribution in [0.15, 0.2) is 85.1 Å². The van der Waals surface area contributed by atoms with Crippen LogP contribution in [0.3, 0.4) is 0 Å². The normalized spacial score (nSPS) is 12.7. The number of unbranched alkanes of at least 4 members (excludes halogenated alkanes) is 23. The fraction of sp³-hybridized carbons (Fsp3) is 0.712. The van der Waals surface area contributed by atoms with E-state index < -0.39 is 6.10 Å². The summed E-state index contributed by atoms with van der Waals surface area (Å²) in [6, 6.07) is 0. The standard InChI is InChI=1S/C59H100O6/c1-4-7-10-13-16-19-22-25-27-29-30-31-33-34-37-40-43-46-49-52-58(61)64-55-56(54-63-57(60)51-48-45-42-39-36-24-21-18-15-12-9-6-3)65-59(62)53-50-47-44-41-38-35-32-28-26-23-20-17-14-11-8-5-2/h7,9-10,12,16,18-19,21,25,27,30-31,36,39,56H,4-6,8,11,13-15,17,20,22-24,26,28-29,32-35,37-38,40-55H2,1-3H3/b10-7-,12-9-,19-16-,21-18-,27-25-,31-30-,39-36-. The van der Waals surface area contributed by atoms with E-state index in [2.05, 4.69) is 106 Å². The maximum Gasteiger partial charge on any atom is 0.306 e. The van der Waals surface area contributed by atoms with Crippen molar-refractivity contribution in [1.29, 1.82) is 0 Å². The minimum Gasteiger partial charge on any atom is -0.462 e. The van der Waals surface area contributed by atoms with Crippen LogP contribution in [0.2, 0.25) is 0 Å². The van der Waals surface area contributed by atoms with Crippen LogP contribution in [-0.2, 0) is 28.6 Å². The van der Waals surface area contributed by atoms with Crippen molar-refractivity contribution in [3.63, 3.8) is 0 Å². The van der Waals surface area contributed by atoms with Crippen LogP contribution in [0, 0.1) is 0 Å². The van der Waals surface area contributed by atoms with Gasteiger partial charge in [-0.05, 0) is 89.9 Å². The molecular weight excluding hydrogens is 805 g/mol. The molecule has 0 aliphatic carbocycles. The smallest absolute Gasteiger partial charge is 0.306 e. The molecule has 0 radical (unpaired) electrons. The molecule has 65 heavy (non-hydrogen) atoms. The average molecular weight is 905 g/mol. The highest BCUT2D eigenvalue weighted by molar-refractivity contribution is 5.71. The molecule has 0 heterocycles. The first-order valence-electron chi connectivity index (χ1n) is 27.1. The minimum atomic E-state index is -0.796. The Hall–Kier alpha value is -3.41. The van der Waals surface area contributed by atoms with Crippen molar-refractivity contribution >= 4 is 17.9 Å². The van der Waals surface area contributed by atoms with E-state index in [1.807, 2.05) is 0 Å². The lowest BCUT2D eigenvalue weighted by Crippen LogP contribution is -2.30. The zero-order chi connectivity index (χ0) is 47.2. The van der Waals surface area contributed by atoms with E-state index in [9.17, 15) is 14.4 Å². The number of hydrogen-bond donors (Lipinski definition) is 0. The third kappa shape index (κ3) is 51.4.